The largest absolute Gasteiger partial charge is 0.481 e. The Morgan fingerprint density at radius 3 is 2.00 bits per heavy atom. The first-order valence-corrected chi connectivity index (χ1v) is 15.3. The fourth-order valence-electron chi connectivity index (χ4n) is 7.28. The molecule has 2 aliphatic rings. The number of primary amides is 1. The monoisotopic (exact) mass is 621 g/mol. The van der Waals surface area contributed by atoms with E-state index in [-0.39, 0.29) is 17.5 Å². The third kappa shape index (κ3) is 5.43. The zero-order valence-electron chi connectivity index (χ0n) is 24.4. The van der Waals surface area contributed by atoms with E-state index in [1.807, 2.05) is 60.5 Å². The predicted octanol–water partition coefficient (Wildman–Crippen LogP) is 5.83. The number of hydrogen-bond acceptors (Lipinski definition) is 4. The summed E-state index contributed by atoms with van der Waals surface area (Å²) in [5, 5.41) is 11.2. The normalized spacial score (nSPS) is 19.5. The van der Waals surface area contributed by atoms with Gasteiger partial charge < -0.3 is 20.6 Å². The molecule has 0 spiro atoms. The summed E-state index contributed by atoms with van der Waals surface area (Å²) in [6, 6.07) is 24.4. The van der Waals surface area contributed by atoms with Crippen LogP contribution in [0, 0.1) is 5.41 Å². The van der Waals surface area contributed by atoms with E-state index in [0.717, 1.165) is 5.56 Å². The number of carboxylic acid groups (broad SMARTS) is 1. The van der Waals surface area contributed by atoms with Crippen molar-refractivity contribution in [3.8, 4) is 0 Å². The molecule has 1 aliphatic heterocycles. The number of amides is 2. The summed E-state index contributed by atoms with van der Waals surface area (Å²) in [5.41, 5.74) is 5.65. The van der Waals surface area contributed by atoms with Crippen LogP contribution in [0.1, 0.15) is 55.2 Å². The quantitative estimate of drug-likeness (QED) is 0.296. The minimum atomic E-state index is -1.40. The summed E-state index contributed by atoms with van der Waals surface area (Å²) < 4.78 is 0. The molecule has 1 aliphatic carbocycles. The molecule has 5 rings (SSSR count). The Morgan fingerprint density at radius 1 is 0.930 bits per heavy atom. The van der Waals surface area contributed by atoms with Crippen molar-refractivity contribution in [1.82, 2.24) is 9.80 Å². The zero-order valence-corrected chi connectivity index (χ0v) is 25.9. The van der Waals surface area contributed by atoms with E-state index in [9.17, 15) is 19.5 Å². The highest BCUT2D eigenvalue weighted by Gasteiger charge is 2.65. The molecule has 2 atom stereocenters. The summed E-state index contributed by atoms with van der Waals surface area (Å²) in [6.07, 6.45) is 2.10. The Kier molecular flexibility index (Phi) is 8.63. The Balaban J connectivity index is 1.61. The van der Waals surface area contributed by atoms with Gasteiger partial charge in [0.05, 0.1) is 26.4 Å². The fourth-order valence-corrected chi connectivity index (χ4v) is 7.58. The van der Waals surface area contributed by atoms with Crippen molar-refractivity contribution < 1.29 is 19.5 Å². The van der Waals surface area contributed by atoms with Gasteiger partial charge in [0.1, 0.15) is 0 Å². The van der Waals surface area contributed by atoms with Crippen molar-refractivity contribution in [2.75, 3.05) is 26.7 Å². The predicted molar refractivity (Wildman–Crippen MR) is 168 cm³/mol. The van der Waals surface area contributed by atoms with Gasteiger partial charge in [0.25, 0.3) is 0 Å². The molecule has 1 saturated carbocycles. The lowest BCUT2D eigenvalue weighted by molar-refractivity contribution is -0.146. The SMILES string of the molecule is CC(=O)N(C)C1(c2ccccc2)CCN(CC(C(N)=O)(c2ccccc2)C(c2ccc(Cl)c(Cl)c2)C2(C(=O)O)CC2)CC1. The molecular formula is C34H37Cl2N3O4. The molecule has 2 fully saturated rings. The maximum Gasteiger partial charge on any atom is 0.310 e. The maximum absolute atomic E-state index is 14.0. The van der Waals surface area contributed by atoms with Crippen molar-refractivity contribution in [2.45, 2.75) is 49.5 Å². The number of nitrogens with two attached hydrogens (primary N) is 1. The summed E-state index contributed by atoms with van der Waals surface area (Å²) in [5.74, 6) is -2.38. The third-order valence-electron chi connectivity index (χ3n) is 9.85. The van der Waals surface area contributed by atoms with Gasteiger partial charge in [-0.1, -0.05) is 89.9 Å². The molecule has 2 amide bonds. The third-order valence-corrected chi connectivity index (χ3v) is 10.6. The van der Waals surface area contributed by atoms with Crippen molar-refractivity contribution in [1.29, 1.82) is 0 Å². The van der Waals surface area contributed by atoms with Crippen LogP contribution in [-0.4, -0.2) is 59.4 Å². The molecular weight excluding hydrogens is 585 g/mol. The maximum atomic E-state index is 14.0. The van der Waals surface area contributed by atoms with Crippen LogP contribution in [0.3, 0.4) is 0 Å². The van der Waals surface area contributed by atoms with Crippen molar-refractivity contribution in [3.05, 3.63) is 106 Å². The number of halogens is 2. The number of benzene rings is 3. The van der Waals surface area contributed by atoms with Gasteiger partial charge in [0.2, 0.25) is 11.8 Å². The fraction of sp³-hybridized carbons (Fsp3) is 0.382. The van der Waals surface area contributed by atoms with Gasteiger partial charge in [-0.05, 0) is 54.5 Å². The second kappa shape index (κ2) is 11.9. The Morgan fingerprint density at radius 2 is 1.51 bits per heavy atom. The van der Waals surface area contributed by atoms with E-state index in [1.165, 1.54) is 0 Å². The molecule has 3 aromatic rings. The molecule has 1 heterocycles. The van der Waals surface area contributed by atoms with Gasteiger partial charge in [-0.3, -0.25) is 14.4 Å². The highest BCUT2D eigenvalue weighted by molar-refractivity contribution is 6.42. The lowest BCUT2D eigenvalue weighted by Crippen LogP contribution is -2.59. The lowest BCUT2D eigenvalue weighted by atomic mass is 9.60. The molecule has 7 nitrogen and oxygen atoms in total. The van der Waals surface area contributed by atoms with Gasteiger partial charge in [0.15, 0.2) is 0 Å². The molecule has 0 bridgehead atoms. The molecule has 3 N–H and O–H groups in total. The Bertz CT molecular complexity index is 1500. The summed E-state index contributed by atoms with van der Waals surface area (Å²) in [6.45, 7) is 2.93. The number of rotatable bonds is 10. The number of carboxylic acids is 1. The number of likely N-dealkylation sites (tertiary alicyclic amines) is 1. The standard InChI is InChI=1S/C34H37Cl2N3O4/c1-23(40)38(2)33(25-9-5-3-6-10-25)17-19-39(20-18-33)22-34(30(37)41,26-11-7-4-8-12-26)29(32(15-16-32)31(42)43)24-13-14-27(35)28(36)21-24/h3-14,21,29H,15-20,22H2,1-2H3,(H2,37,41)(H,42,43). The lowest BCUT2D eigenvalue weighted by Gasteiger charge is -2.50. The van der Waals surface area contributed by atoms with Crippen LogP contribution in [0.2, 0.25) is 10.0 Å². The topological polar surface area (TPSA) is 104 Å². The first-order chi connectivity index (χ1) is 20.5. The summed E-state index contributed by atoms with van der Waals surface area (Å²) in [4.78, 5) is 43.6. The van der Waals surface area contributed by atoms with Gasteiger partial charge >= 0.3 is 5.97 Å². The molecule has 9 heteroatoms. The van der Waals surface area contributed by atoms with E-state index >= 15 is 0 Å². The Hall–Kier alpha value is -3.39. The number of nitrogens with zero attached hydrogens (tertiary/aromatic N) is 2. The number of piperidine rings is 1. The van der Waals surface area contributed by atoms with Crippen LogP contribution in [0.15, 0.2) is 78.9 Å². The van der Waals surface area contributed by atoms with E-state index < -0.39 is 34.2 Å². The van der Waals surface area contributed by atoms with Crippen LogP contribution in [0.4, 0.5) is 0 Å². The molecule has 0 radical (unpaired) electrons. The zero-order chi connectivity index (χ0) is 31.0. The van der Waals surface area contributed by atoms with Crippen molar-refractivity contribution >= 4 is 41.0 Å². The number of carbonyl (C=O) groups is 3. The molecule has 2 unspecified atom stereocenters. The van der Waals surface area contributed by atoms with Crippen LogP contribution in [0.5, 0.6) is 0 Å². The molecule has 0 aromatic heterocycles. The second-order valence-electron chi connectivity index (χ2n) is 12.0. The number of hydrogen-bond donors (Lipinski definition) is 2. The van der Waals surface area contributed by atoms with Gasteiger partial charge in [0, 0.05) is 39.5 Å². The van der Waals surface area contributed by atoms with Gasteiger partial charge in [-0.2, -0.15) is 0 Å². The molecule has 1 saturated heterocycles. The number of aliphatic carboxylic acids is 1. The van der Waals surface area contributed by atoms with Crippen LogP contribution in [0.25, 0.3) is 0 Å². The molecule has 3 aromatic carbocycles. The van der Waals surface area contributed by atoms with E-state index in [1.54, 1.807) is 25.1 Å². The minimum absolute atomic E-state index is 0.0233. The molecule has 226 valence electrons. The van der Waals surface area contributed by atoms with E-state index in [2.05, 4.69) is 17.0 Å². The highest BCUT2D eigenvalue weighted by atomic mass is 35.5. The summed E-state index contributed by atoms with van der Waals surface area (Å²) in [7, 11) is 1.84. The van der Waals surface area contributed by atoms with Crippen molar-refractivity contribution in [3.63, 3.8) is 0 Å². The first-order valence-electron chi connectivity index (χ1n) is 14.5. The van der Waals surface area contributed by atoms with Crippen LogP contribution >= 0.6 is 23.2 Å². The van der Waals surface area contributed by atoms with E-state index in [0.29, 0.717) is 54.9 Å². The minimum Gasteiger partial charge on any atom is -0.481 e. The van der Waals surface area contributed by atoms with Gasteiger partial charge in [-0.15, -0.1) is 0 Å². The van der Waals surface area contributed by atoms with E-state index in [4.69, 9.17) is 28.9 Å². The second-order valence-corrected chi connectivity index (χ2v) is 12.8. The van der Waals surface area contributed by atoms with Crippen molar-refractivity contribution in [2.24, 2.45) is 11.1 Å². The van der Waals surface area contributed by atoms with Crippen LogP contribution < -0.4 is 5.73 Å². The summed E-state index contributed by atoms with van der Waals surface area (Å²) >= 11 is 12.8. The van der Waals surface area contributed by atoms with Gasteiger partial charge in [-0.25, -0.2) is 0 Å². The smallest absolute Gasteiger partial charge is 0.310 e. The van der Waals surface area contributed by atoms with Crippen LogP contribution in [-0.2, 0) is 25.3 Å². The average molecular weight is 623 g/mol. The molecule has 43 heavy (non-hydrogen) atoms. The average Bonchev–Trinajstić information content (AvgIpc) is 3.81. The highest BCUT2D eigenvalue weighted by Crippen LogP contribution is 2.63. The number of carbonyl (C=O) groups excluding carboxylic acids is 2. The Labute approximate surface area is 262 Å². The first kappa shape index (κ1) is 31.0.